The molecule has 3 aromatic carbocycles. The van der Waals surface area contributed by atoms with Crippen molar-refractivity contribution in [2.24, 2.45) is 0 Å². The summed E-state index contributed by atoms with van der Waals surface area (Å²) in [5.41, 5.74) is -0.212. The predicted molar refractivity (Wildman–Crippen MR) is 120 cm³/mol. The summed E-state index contributed by atoms with van der Waals surface area (Å²) in [6.07, 6.45) is -3.08. The quantitative estimate of drug-likeness (QED) is 0.135. The van der Waals surface area contributed by atoms with Crippen LogP contribution in [0, 0.1) is 21.4 Å². The summed E-state index contributed by atoms with van der Waals surface area (Å²) in [5, 5.41) is 20.8. The van der Waals surface area contributed by atoms with Gasteiger partial charge >= 0.3 is 11.9 Å². The third kappa shape index (κ3) is 5.36. The molecule has 0 amide bonds. The predicted octanol–water partition coefficient (Wildman–Crippen LogP) is 8.00. The van der Waals surface area contributed by atoms with Crippen molar-refractivity contribution in [2.75, 3.05) is 0 Å². The lowest BCUT2D eigenvalue weighted by Gasteiger charge is -2.13. The van der Waals surface area contributed by atoms with E-state index in [1.807, 2.05) is 6.07 Å². The van der Waals surface area contributed by atoms with Crippen molar-refractivity contribution < 1.29 is 22.8 Å². The van der Waals surface area contributed by atoms with E-state index < -0.39 is 22.4 Å². The number of benzene rings is 3. The highest BCUT2D eigenvalue weighted by atomic mass is 79.9. The smallest absolute Gasteiger partial charge is 0.416 e. The Kier molecular flexibility index (Phi) is 7.01. The van der Waals surface area contributed by atoms with Gasteiger partial charge in [0.05, 0.1) is 31.1 Å². The minimum absolute atomic E-state index is 0.128. The van der Waals surface area contributed by atoms with Crippen LogP contribution in [0.2, 0.25) is 0 Å². The molecule has 0 aliphatic heterocycles. The van der Waals surface area contributed by atoms with Gasteiger partial charge in [0.1, 0.15) is 0 Å². The first kappa shape index (κ1) is 23.5. The average molecular weight is 568 g/mol. The molecule has 0 atom stereocenters. The van der Waals surface area contributed by atoms with Crippen LogP contribution in [0.15, 0.2) is 69.6 Å². The molecule has 0 radical (unpaired) electrons. The van der Waals surface area contributed by atoms with Crippen molar-refractivity contribution in [3.63, 3.8) is 0 Å². The third-order valence-electron chi connectivity index (χ3n) is 4.23. The second kappa shape index (κ2) is 9.54. The summed E-state index contributed by atoms with van der Waals surface area (Å²) in [4.78, 5) is 10.4. The van der Waals surface area contributed by atoms with E-state index in [9.17, 15) is 28.5 Å². The maximum atomic E-state index is 12.9. The van der Waals surface area contributed by atoms with Crippen LogP contribution in [0.25, 0.3) is 11.6 Å². The first-order chi connectivity index (χ1) is 15.1. The Morgan fingerprint density at radius 1 is 1.06 bits per heavy atom. The number of hydrogen-bond acceptors (Lipinski definition) is 4. The zero-order chi connectivity index (χ0) is 23.5. The fraction of sp³-hybridized carbons (Fsp3) is 0.0455. The second-order valence-corrected chi connectivity index (χ2v) is 8.10. The molecular weight excluding hydrogens is 557 g/mol. The summed E-state index contributed by atoms with van der Waals surface area (Å²) in [6.45, 7) is 0. The Labute approximate surface area is 197 Å². The number of rotatable bonds is 5. The number of nitro groups is 1. The van der Waals surface area contributed by atoms with Gasteiger partial charge < -0.3 is 4.74 Å². The monoisotopic (exact) mass is 566 g/mol. The summed E-state index contributed by atoms with van der Waals surface area (Å²) in [7, 11) is 0. The summed E-state index contributed by atoms with van der Waals surface area (Å²) >= 11 is 6.63. The van der Waals surface area contributed by atoms with Gasteiger partial charge in [-0.25, -0.2) is 0 Å². The molecule has 32 heavy (non-hydrogen) atoms. The van der Waals surface area contributed by atoms with Gasteiger partial charge in [0.15, 0.2) is 5.75 Å². The normalized spacial score (nSPS) is 11.7. The lowest BCUT2D eigenvalue weighted by atomic mass is 10.0. The molecule has 0 heterocycles. The Balaban J connectivity index is 1.99. The topological polar surface area (TPSA) is 76.2 Å². The van der Waals surface area contributed by atoms with E-state index in [0.717, 1.165) is 11.6 Å². The van der Waals surface area contributed by atoms with Crippen LogP contribution in [0.3, 0.4) is 0 Å². The number of nitro benzene ring substituents is 1. The third-order valence-corrected chi connectivity index (χ3v) is 5.41. The van der Waals surface area contributed by atoms with Crippen molar-refractivity contribution in [3.8, 4) is 17.6 Å². The maximum absolute atomic E-state index is 12.9. The van der Waals surface area contributed by atoms with Crippen LogP contribution < -0.4 is 4.74 Å². The molecule has 3 rings (SSSR count). The minimum atomic E-state index is -4.73. The molecule has 0 aromatic heterocycles. The molecule has 10 heteroatoms. The van der Waals surface area contributed by atoms with Crippen LogP contribution in [-0.4, -0.2) is 4.92 Å². The fourth-order valence-electron chi connectivity index (χ4n) is 2.76. The summed E-state index contributed by atoms with van der Waals surface area (Å²) in [6, 6.07) is 16.4. The van der Waals surface area contributed by atoms with Crippen LogP contribution in [0.1, 0.15) is 16.7 Å². The molecule has 162 valence electrons. The van der Waals surface area contributed by atoms with Crippen molar-refractivity contribution in [1.29, 1.82) is 5.26 Å². The summed E-state index contributed by atoms with van der Waals surface area (Å²) < 4.78 is 45.1. The number of nitriles is 1. The van der Waals surface area contributed by atoms with Gasteiger partial charge in [0.2, 0.25) is 5.75 Å². The standard InChI is InChI=1S/C22H11Br2F3N2O3/c23-17-9-13(8-15(12-28)14-4-2-1-3-5-14)10-18(24)21(17)32-20-7-6-16(22(25,26)27)11-19(20)29(30)31/h1-11H/b15-8+. The van der Waals surface area contributed by atoms with Crippen molar-refractivity contribution in [1.82, 2.24) is 0 Å². The van der Waals surface area contributed by atoms with E-state index in [4.69, 9.17) is 4.74 Å². The Morgan fingerprint density at radius 3 is 2.22 bits per heavy atom. The maximum Gasteiger partial charge on any atom is 0.416 e. The zero-order valence-corrected chi connectivity index (χ0v) is 19.0. The second-order valence-electron chi connectivity index (χ2n) is 6.39. The van der Waals surface area contributed by atoms with Crippen LogP contribution in [0.5, 0.6) is 11.5 Å². The van der Waals surface area contributed by atoms with E-state index in [1.54, 1.807) is 42.5 Å². The van der Waals surface area contributed by atoms with E-state index in [-0.39, 0.29) is 11.5 Å². The van der Waals surface area contributed by atoms with Crippen LogP contribution in [-0.2, 0) is 6.18 Å². The van der Waals surface area contributed by atoms with Gasteiger partial charge in [-0.15, -0.1) is 0 Å². The van der Waals surface area contributed by atoms with Crippen LogP contribution in [0.4, 0.5) is 18.9 Å². The Morgan fingerprint density at radius 2 is 1.69 bits per heavy atom. The average Bonchev–Trinajstić information content (AvgIpc) is 2.74. The van der Waals surface area contributed by atoms with Gasteiger partial charge in [-0.2, -0.15) is 18.4 Å². The molecule has 0 saturated carbocycles. The SMILES string of the molecule is N#C/C(=C\c1cc(Br)c(Oc2ccc(C(F)(F)F)cc2[N+](=O)[O-])c(Br)c1)c1ccccc1. The zero-order valence-electron chi connectivity index (χ0n) is 15.9. The Bertz CT molecular complexity index is 1230. The first-order valence-electron chi connectivity index (χ1n) is 8.80. The fourth-order valence-corrected chi connectivity index (χ4v) is 4.14. The van der Waals surface area contributed by atoms with Gasteiger partial charge in [-0.05, 0) is 73.3 Å². The van der Waals surface area contributed by atoms with E-state index in [0.29, 0.717) is 32.2 Å². The van der Waals surface area contributed by atoms with Crippen molar-refractivity contribution >= 4 is 49.2 Å². The Hall–Kier alpha value is -3.16. The molecule has 5 nitrogen and oxygen atoms in total. The molecular formula is C22H11Br2F3N2O3. The van der Waals surface area contributed by atoms with Crippen molar-refractivity contribution in [2.45, 2.75) is 6.18 Å². The molecule has 0 aliphatic rings. The lowest BCUT2D eigenvalue weighted by molar-refractivity contribution is -0.385. The van der Waals surface area contributed by atoms with E-state index in [2.05, 4.69) is 37.9 Å². The summed E-state index contributed by atoms with van der Waals surface area (Å²) in [5.74, 6) is -0.224. The number of allylic oxidation sites excluding steroid dienone is 1. The molecule has 0 fully saturated rings. The highest BCUT2D eigenvalue weighted by Crippen LogP contribution is 2.42. The highest BCUT2D eigenvalue weighted by molar-refractivity contribution is 9.11. The highest BCUT2D eigenvalue weighted by Gasteiger charge is 2.33. The van der Waals surface area contributed by atoms with Crippen LogP contribution >= 0.6 is 31.9 Å². The molecule has 3 aromatic rings. The number of hydrogen-bond donors (Lipinski definition) is 0. The largest absolute Gasteiger partial charge is 0.448 e. The molecule has 0 aliphatic carbocycles. The molecule has 0 bridgehead atoms. The molecule has 0 saturated heterocycles. The number of alkyl halides is 3. The van der Waals surface area contributed by atoms with Gasteiger partial charge in [0, 0.05) is 6.07 Å². The number of halogens is 5. The number of ether oxygens (including phenoxy) is 1. The molecule has 0 unspecified atom stereocenters. The molecule has 0 N–H and O–H groups in total. The number of nitrogens with zero attached hydrogens (tertiary/aromatic N) is 2. The van der Waals surface area contributed by atoms with Crippen molar-refractivity contribution in [3.05, 3.63) is 96.4 Å². The van der Waals surface area contributed by atoms with E-state index in [1.165, 1.54) is 0 Å². The molecule has 0 spiro atoms. The van der Waals surface area contributed by atoms with Gasteiger partial charge in [-0.1, -0.05) is 30.3 Å². The van der Waals surface area contributed by atoms with E-state index >= 15 is 0 Å². The minimum Gasteiger partial charge on any atom is -0.448 e. The van der Waals surface area contributed by atoms with Gasteiger partial charge in [0.25, 0.3) is 0 Å². The first-order valence-corrected chi connectivity index (χ1v) is 10.4. The lowest BCUT2D eigenvalue weighted by Crippen LogP contribution is -2.06. The van der Waals surface area contributed by atoms with Gasteiger partial charge in [-0.3, -0.25) is 10.1 Å².